The molecule has 0 aliphatic carbocycles. The van der Waals surface area contributed by atoms with E-state index in [4.69, 9.17) is 0 Å². The first-order valence-corrected chi connectivity index (χ1v) is 3.37. The van der Waals surface area contributed by atoms with Crippen molar-refractivity contribution in [3.8, 4) is 0 Å². The van der Waals surface area contributed by atoms with Gasteiger partial charge in [-0.1, -0.05) is 25.7 Å². The lowest BCUT2D eigenvalue weighted by Gasteiger charge is -1.90. The van der Waals surface area contributed by atoms with Crippen LogP contribution in [-0.4, -0.2) is 0 Å². The Labute approximate surface area is 61.8 Å². The van der Waals surface area contributed by atoms with Gasteiger partial charge >= 0.3 is 0 Å². The molecule has 0 aliphatic heterocycles. The van der Waals surface area contributed by atoms with Gasteiger partial charge in [0, 0.05) is 0 Å². The Morgan fingerprint density at radius 3 is 2.60 bits per heavy atom. The molecule has 0 heterocycles. The van der Waals surface area contributed by atoms with Gasteiger partial charge in [0.15, 0.2) is 0 Å². The van der Waals surface area contributed by atoms with Gasteiger partial charge in [0.05, 0.1) is 0 Å². The Morgan fingerprint density at radius 1 is 1.60 bits per heavy atom. The lowest BCUT2D eigenvalue weighted by molar-refractivity contribution is 0.657. The first-order chi connectivity index (χ1) is 4.72. The molecule has 0 atom stereocenters. The lowest BCUT2D eigenvalue weighted by Crippen LogP contribution is -1.72. The quantitative estimate of drug-likeness (QED) is 0.527. The van der Waals surface area contributed by atoms with Crippen LogP contribution < -0.4 is 0 Å². The monoisotopic (exact) mass is 140 g/mol. The third-order valence-electron chi connectivity index (χ3n) is 1.18. The number of hydrogen-bond acceptors (Lipinski definition) is 0. The van der Waals surface area contributed by atoms with Gasteiger partial charge in [-0.3, -0.25) is 0 Å². The van der Waals surface area contributed by atoms with E-state index in [-0.39, 0.29) is 5.83 Å². The summed E-state index contributed by atoms with van der Waals surface area (Å²) in [5.41, 5.74) is 0.588. The predicted molar refractivity (Wildman–Crippen MR) is 43.4 cm³/mol. The molecule has 10 heavy (non-hydrogen) atoms. The Morgan fingerprint density at radius 2 is 2.20 bits per heavy atom. The lowest BCUT2D eigenvalue weighted by atomic mass is 10.2. The minimum absolute atomic E-state index is 0.197. The Balaban J connectivity index is 4.17. The van der Waals surface area contributed by atoms with Crippen molar-refractivity contribution in [2.24, 2.45) is 0 Å². The standard InChI is InChI=1S/C9H13F/c1-4-6-7-9(10)8(3)5-2/h5-7H,2,4H2,1,3H3/b7-6-,9-8+. The van der Waals surface area contributed by atoms with E-state index in [9.17, 15) is 4.39 Å². The maximum absolute atomic E-state index is 12.7. The van der Waals surface area contributed by atoms with E-state index in [1.807, 2.05) is 6.92 Å². The number of halogens is 1. The molecule has 0 unspecified atom stereocenters. The fourth-order valence-corrected chi connectivity index (χ4v) is 0.450. The summed E-state index contributed by atoms with van der Waals surface area (Å²) >= 11 is 0. The maximum Gasteiger partial charge on any atom is 0.125 e. The Bertz CT molecular complexity index is 164. The normalized spacial score (nSPS) is 13.5. The van der Waals surface area contributed by atoms with Gasteiger partial charge in [-0.15, -0.1) is 0 Å². The molecule has 0 saturated carbocycles. The summed E-state index contributed by atoms with van der Waals surface area (Å²) in [4.78, 5) is 0. The third-order valence-corrected chi connectivity index (χ3v) is 1.18. The molecular formula is C9H13F. The van der Waals surface area contributed by atoms with E-state index in [0.29, 0.717) is 5.57 Å². The third kappa shape index (κ3) is 3.23. The van der Waals surface area contributed by atoms with Crippen LogP contribution in [0.4, 0.5) is 4.39 Å². The summed E-state index contributed by atoms with van der Waals surface area (Å²) in [5.74, 6) is -0.197. The zero-order chi connectivity index (χ0) is 7.98. The van der Waals surface area contributed by atoms with Crippen molar-refractivity contribution < 1.29 is 4.39 Å². The minimum Gasteiger partial charge on any atom is -0.207 e. The van der Waals surface area contributed by atoms with Crippen molar-refractivity contribution in [2.75, 3.05) is 0 Å². The van der Waals surface area contributed by atoms with Gasteiger partial charge < -0.3 is 0 Å². The highest BCUT2D eigenvalue weighted by Gasteiger charge is 1.89. The van der Waals surface area contributed by atoms with Crippen LogP contribution >= 0.6 is 0 Å². The van der Waals surface area contributed by atoms with Crippen molar-refractivity contribution in [2.45, 2.75) is 20.3 Å². The van der Waals surface area contributed by atoms with Gasteiger partial charge in [0.2, 0.25) is 0 Å². The first-order valence-electron chi connectivity index (χ1n) is 3.37. The van der Waals surface area contributed by atoms with E-state index in [1.54, 1.807) is 13.0 Å². The molecule has 0 N–H and O–H groups in total. The van der Waals surface area contributed by atoms with E-state index in [2.05, 4.69) is 6.58 Å². The SMILES string of the molecule is C=C/C(C)=C(F)\C=C/CC. The molecule has 56 valence electrons. The molecule has 0 aromatic heterocycles. The molecule has 0 nitrogen and oxygen atoms in total. The van der Waals surface area contributed by atoms with Crippen molar-refractivity contribution >= 4 is 0 Å². The van der Waals surface area contributed by atoms with Gasteiger partial charge in [0.25, 0.3) is 0 Å². The molecule has 0 aromatic carbocycles. The topological polar surface area (TPSA) is 0 Å². The molecular weight excluding hydrogens is 127 g/mol. The molecule has 0 rings (SSSR count). The highest BCUT2D eigenvalue weighted by atomic mass is 19.1. The minimum atomic E-state index is -0.197. The van der Waals surface area contributed by atoms with Crippen LogP contribution in [0.5, 0.6) is 0 Å². The molecule has 0 amide bonds. The van der Waals surface area contributed by atoms with Crippen molar-refractivity contribution in [1.29, 1.82) is 0 Å². The smallest absolute Gasteiger partial charge is 0.125 e. The predicted octanol–water partition coefficient (Wildman–Crippen LogP) is 3.38. The van der Waals surface area contributed by atoms with Crippen molar-refractivity contribution in [3.05, 3.63) is 36.2 Å². The fraction of sp³-hybridized carbons (Fsp3) is 0.333. The molecule has 0 radical (unpaired) electrons. The molecule has 1 heteroatoms. The average molecular weight is 140 g/mol. The highest BCUT2D eigenvalue weighted by molar-refractivity contribution is 5.25. The summed E-state index contributed by atoms with van der Waals surface area (Å²) in [5, 5.41) is 0. The van der Waals surface area contributed by atoms with E-state index < -0.39 is 0 Å². The summed E-state index contributed by atoms with van der Waals surface area (Å²) < 4.78 is 12.7. The highest BCUT2D eigenvalue weighted by Crippen LogP contribution is 2.07. The van der Waals surface area contributed by atoms with Gasteiger partial charge in [-0.25, -0.2) is 4.39 Å². The Kier molecular flexibility index (Phi) is 4.55. The van der Waals surface area contributed by atoms with Crippen LogP contribution in [0.25, 0.3) is 0 Å². The number of hydrogen-bond donors (Lipinski definition) is 0. The molecule has 0 fully saturated rings. The first kappa shape index (κ1) is 9.15. The van der Waals surface area contributed by atoms with Crippen LogP contribution in [0.15, 0.2) is 36.2 Å². The van der Waals surface area contributed by atoms with Gasteiger partial charge in [-0.05, 0) is 25.0 Å². The maximum atomic E-state index is 12.7. The van der Waals surface area contributed by atoms with Crippen molar-refractivity contribution in [1.82, 2.24) is 0 Å². The largest absolute Gasteiger partial charge is 0.207 e. The van der Waals surface area contributed by atoms with Crippen LogP contribution in [0.1, 0.15) is 20.3 Å². The van der Waals surface area contributed by atoms with E-state index >= 15 is 0 Å². The van der Waals surface area contributed by atoms with E-state index in [1.165, 1.54) is 12.2 Å². The zero-order valence-corrected chi connectivity index (χ0v) is 6.52. The summed E-state index contributed by atoms with van der Waals surface area (Å²) in [6, 6.07) is 0. The van der Waals surface area contributed by atoms with Crippen molar-refractivity contribution in [3.63, 3.8) is 0 Å². The molecule has 0 bridgehead atoms. The van der Waals surface area contributed by atoms with Crippen LogP contribution in [0, 0.1) is 0 Å². The Hall–Kier alpha value is -0.850. The number of allylic oxidation sites excluding steroid dienone is 5. The summed E-state index contributed by atoms with van der Waals surface area (Å²) in [7, 11) is 0. The molecule has 0 spiro atoms. The van der Waals surface area contributed by atoms with Gasteiger partial charge in [0.1, 0.15) is 5.83 Å². The van der Waals surface area contributed by atoms with E-state index in [0.717, 1.165) is 6.42 Å². The second kappa shape index (κ2) is 4.98. The van der Waals surface area contributed by atoms with Crippen LogP contribution in [0.3, 0.4) is 0 Å². The molecule has 0 aliphatic rings. The van der Waals surface area contributed by atoms with Gasteiger partial charge in [-0.2, -0.15) is 0 Å². The fourth-order valence-electron chi connectivity index (χ4n) is 0.450. The summed E-state index contributed by atoms with van der Waals surface area (Å²) in [6.07, 6.45) is 5.62. The average Bonchev–Trinajstić information content (AvgIpc) is 1.98. The molecule has 0 aromatic rings. The zero-order valence-electron chi connectivity index (χ0n) is 6.52. The van der Waals surface area contributed by atoms with Crippen LogP contribution in [0.2, 0.25) is 0 Å². The second-order valence-electron chi connectivity index (χ2n) is 2.05. The second-order valence-corrected chi connectivity index (χ2v) is 2.05. The van der Waals surface area contributed by atoms with Crippen LogP contribution in [-0.2, 0) is 0 Å². The summed E-state index contributed by atoms with van der Waals surface area (Å²) in [6.45, 7) is 7.12. The number of rotatable bonds is 3. The molecule has 0 saturated heterocycles.